The molecule has 5 nitrogen and oxygen atoms in total. The van der Waals surface area contributed by atoms with E-state index < -0.39 is 0 Å². The van der Waals surface area contributed by atoms with E-state index in [0.29, 0.717) is 42.9 Å². The van der Waals surface area contributed by atoms with Crippen molar-refractivity contribution in [3.63, 3.8) is 0 Å². The lowest BCUT2D eigenvalue weighted by atomic mass is 9.97. The molecule has 1 amide bonds. The second kappa shape index (κ2) is 7.92. The number of carbonyl (C=O) groups excluding carboxylic acids is 1. The van der Waals surface area contributed by atoms with Crippen LogP contribution in [0.25, 0.3) is 6.08 Å². The zero-order valence-corrected chi connectivity index (χ0v) is 15.5. The lowest BCUT2D eigenvalue weighted by Crippen LogP contribution is -2.33. The van der Waals surface area contributed by atoms with Gasteiger partial charge in [0.1, 0.15) is 19.0 Å². The van der Waals surface area contributed by atoms with Crippen molar-refractivity contribution in [3.05, 3.63) is 58.6 Å². The summed E-state index contributed by atoms with van der Waals surface area (Å²) in [5.74, 6) is 2.21. The smallest absolute Gasteiger partial charge is 0.244 e. The van der Waals surface area contributed by atoms with E-state index in [1.165, 1.54) is 11.6 Å². The van der Waals surface area contributed by atoms with Crippen molar-refractivity contribution in [3.8, 4) is 17.2 Å². The summed E-state index contributed by atoms with van der Waals surface area (Å²) in [7, 11) is 0. The number of fused-ring (bicyclic) bond motifs is 2. The van der Waals surface area contributed by atoms with Crippen LogP contribution in [0.2, 0.25) is 5.02 Å². The Morgan fingerprint density at radius 2 is 2.00 bits per heavy atom. The van der Waals surface area contributed by atoms with Crippen LogP contribution >= 0.6 is 11.6 Å². The lowest BCUT2D eigenvalue weighted by Gasteiger charge is -2.25. The summed E-state index contributed by atoms with van der Waals surface area (Å²) >= 11 is 6.21. The number of ether oxygens (including phenoxy) is 3. The topological polar surface area (TPSA) is 56.8 Å². The van der Waals surface area contributed by atoms with Gasteiger partial charge in [0.2, 0.25) is 5.91 Å². The highest BCUT2D eigenvalue weighted by molar-refractivity contribution is 6.32. The maximum absolute atomic E-state index is 12.2. The standard InChI is InChI=1S/C21H20ClNO4/c22-17-10-14(11-19-21(17)26-8-7-25-19)5-6-20(24)23-12-15-9-16-3-1-2-4-18(16)27-13-15/h1-6,10-11,15H,7-9,12-13H2,(H,23,24)/b6-5+. The van der Waals surface area contributed by atoms with Crippen molar-refractivity contribution < 1.29 is 19.0 Å². The number of benzene rings is 2. The Hall–Kier alpha value is -2.66. The van der Waals surface area contributed by atoms with Crippen molar-refractivity contribution in [1.29, 1.82) is 0 Å². The predicted octanol–water partition coefficient (Wildman–Crippen LogP) is 3.49. The highest BCUT2D eigenvalue weighted by Gasteiger charge is 2.20. The molecule has 2 aromatic carbocycles. The van der Waals surface area contributed by atoms with Gasteiger partial charge in [-0.15, -0.1) is 0 Å². The quantitative estimate of drug-likeness (QED) is 0.818. The Kier molecular flexibility index (Phi) is 5.21. The zero-order valence-electron chi connectivity index (χ0n) is 14.7. The first-order valence-electron chi connectivity index (χ1n) is 8.95. The summed E-state index contributed by atoms with van der Waals surface area (Å²) in [6, 6.07) is 11.6. The third-order valence-electron chi connectivity index (χ3n) is 4.57. The van der Waals surface area contributed by atoms with Crippen LogP contribution in [0.4, 0.5) is 0 Å². The van der Waals surface area contributed by atoms with Crippen molar-refractivity contribution in [2.24, 2.45) is 5.92 Å². The first-order valence-corrected chi connectivity index (χ1v) is 9.32. The first kappa shape index (κ1) is 17.7. The van der Waals surface area contributed by atoms with Gasteiger partial charge in [0.25, 0.3) is 0 Å². The van der Waals surface area contributed by atoms with E-state index in [9.17, 15) is 4.79 Å². The summed E-state index contributed by atoms with van der Waals surface area (Å²) in [5.41, 5.74) is 1.97. The molecule has 2 aliphatic rings. The molecule has 0 saturated heterocycles. The minimum absolute atomic E-state index is 0.153. The molecule has 0 aromatic heterocycles. The number of nitrogens with one attached hydrogen (secondary N) is 1. The van der Waals surface area contributed by atoms with E-state index in [2.05, 4.69) is 11.4 Å². The van der Waals surface area contributed by atoms with E-state index in [4.69, 9.17) is 25.8 Å². The Labute approximate surface area is 162 Å². The van der Waals surface area contributed by atoms with Gasteiger partial charge in [-0.1, -0.05) is 29.8 Å². The van der Waals surface area contributed by atoms with Crippen LogP contribution < -0.4 is 19.5 Å². The maximum atomic E-state index is 12.2. The third kappa shape index (κ3) is 4.19. The molecule has 0 spiro atoms. The molecule has 1 atom stereocenters. The Balaban J connectivity index is 1.33. The van der Waals surface area contributed by atoms with Gasteiger partial charge in [-0.2, -0.15) is 0 Å². The minimum atomic E-state index is -0.153. The van der Waals surface area contributed by atoms with Crippen molar-refractivity contribution in [2.75, 3.05) is 26.4 Å². The summed E-state index contributed by atoms with van der Waals surface area (Å²) in [4.78, 5) is 12.2. The fourth-order valence-corrected chi connectivity index (χ4v) is 3.50. The second-order valence-electron chi connectivity index (χ2n) is 6.59. The predicted molar refractivity (Wildman–Crippen MR) is 104 cm³/mol. The summed E-state index contributed by atoms with van der Waals surface area (Å²) in [6.45, 7) is 2.15. The average Bonchev–Trinajstić information content (AvgIpc) is 2.70. The molecule has 0 aliphatic carbocycles. The van der Waals surface area contributed by atoms with Crippen LogP contribution in [0.15, 0.2) is 42.5 Å². The first-order chi connectivity index (χ1) is 13.2. The molecular formula is C21H20ClNO4. The minimum Gasteiger partial charge on any atom is -0.493 e. The Morgan fingerprint density at radius 1 is 1.15 bits per heavy atom. The van der Waals surface area contributed by atoms with Crippen molar-refractivity contribution in [1.82, 2.24) is 5.32 Å². The van der Waals surface area contributed by atoms with Gasteiger partial charge in [0, 0.05) is 18.5 Å². The van der Waals surface area contributed by atoms with E-state index in [1.807, 2.05) is 24.3 Å². The molecule has 0 bridgehead atoms. The molecule has 4 rings (SSSR count). The molecule has 2 heterocycles. The Bertz CT molecular complexity index is 880. The van der Waals surface area contributed by atoms with Crippen LogP contribution in [-0.2, 0) is 11.2 Å². The Morgan fingerprint density at radius 3 is 2.93 bits per heavy atom. The fourth-order valence-electron chi connectivity index (χ4n) is 3.22. The van der Waals surface area contributed by atoms with Gasteiger partial charge in [-0.05, 0) is 41.8 Å². The third-order valence-corrected chi connectivity index (χ3v) is 4.85. The van der Waals surface area contributed by atoms with Gasteiger partial charge < -0.3 is 19.5 Å². The molecule has 140 valence electrons. The summed E-state index contributed by atoms with van der Waals surface area (Å²) in [5, 5.41) is 3.41. The molecule has 0 radical (unpaired) electrons. The maximum Gasteiger partial charge on any atom is 0.244 e. The average molecular weight is 386 g/mol. The normalized spacial score (nSPS) is 17.9. The highest BCUT2D eigenvalue weighted by Crippen LogP contribution is 2.38. The van der Waals surface area contributed by atoms with E-state index in [0.717, 1.165) is 17.7 Å². The van der Waals surface area contributed by atoms with Crippen molar-refractivity contribution >= 4 is 23.6 Å². The number of rotatable bonds is 4. The van der Waals surface area contributed by atoms with Crippen LogP contribution in [0.1, 0.15) is 11.1 Å². The molecule has 1 N–H and O–H groups in total. The van der Waals surface area contributed by atoms with Gasteiger partial charge in [0.05, 0.1) is 11.6 Å². The largest absolute Gasteiger partial charge is 0.493 e. The number of para-hydroxylation sites is 1. The van der Waals surface area contributed by atoms with E-state index in [1.54, 1.807) is 12.1 Å². The molecule has 6 heteroatoms. The second-order valence-corrected chi connectivity index (χ2v) is 7.00. The highest BCUT2D eigenvalue weighted by atomic mass is 35.5. The number of amides is 1. The van der Waals surface area contributed by atoms with E-state index >= 15 is 0 Å². The number of hydrogen-bond donors (Lipinski definition) is 1. The van der Waals surface area contributed by atoms with Gasteiger partial charge in [-0.25, -0.2) is 0 Å². The molecule has 2 aromatic rings. The van der Waals surface area contributed by atoms with E-state index in [-0.39, 0.29) is 11.8 Å². The van der Waals surface area contributed by atoms with Crippen LogP contribution in [0.3, 0.4) is 0 Å². The van der Waals surface area contributed by atoms with Gasteiger partial charge in [-0.3, -0.25) is 4.79 Å². The van der Waals surface area contributed by atoms with Gasteiger partial charge >= 0.3 is 0 Å². The van der Waals surface area contributed by atoms with Crippen LogP contribution in [-0.4, -0.2) is 32.3 Å². The molecule has 2 aliphatic heterocycles. The molecule has 27 heavy (non-hydrogen) atoms. The number of carbonyl (C=O) groups is 1. The number of halogens is 1. The van der Waals surface area contributed by atoms with Crippen molar-refractivity contribution in [2.45, 2.75) is 6.42 Å². The fraction of sp³-hybridized carbons (Fsp3) is 0.286. The monoisotopic (exact) mass is 385 g/mol. The van der Waals surface area contributed by atoms with Crippen LogP contribution in [0.5, 0.6) is 17.2 Å². The zero-order chi connectivity index (χ0) is 18.6. The van der Waals surface area contributed by atoms with Crippen LogP contribution in [0, 0.1) is 5.92 Å². The SMILES string of the molecule is O=C(/C=C/c1cc(Cl)c2c(c1)OCCO2)NCC1COc2ccccc2C1. The summed E-state index contributed by atoms with van der Waals surface area (Å²) in [6.07, 6.45) is 4.11. The molecule has 1 unspecified atom stereocenters. The molecule has 0 saturated carbocycles. The lowest BCUT2D eigenvalue weighted by molar-refractivity contribution is -0.116. The van der Waals surface area contributed by atoms with Gasteiger partial charge in [0.15, 0.2) is 11.5 Å². The number of hydrogen-bond acceptors (Lipinski definition) is 4. The summed E-state index contributed by atoms with van der Waals surface area (Å²) < 4.78 is 16.8. The molecular weight excluding hydrogens is 366 g/mol. The molecule has 0 fully saturated rings.